The molecule has 78 valence electrons. The summed E-state index contributed by atoms with van der Waals surface area (Å²) in [6.45, 7) is 1.86. The summed E-state index contributed by atoms with van der Waals surface area (Å²) in [6, 6.07) is 9.09. The Morgan fingerprint density at radius 2 is 2.13 bits per heavy atom. The van der Waals surface area contributed by atoms with Crippen molar-refractivity contribution in [2.75, 3.05) is 18.4 Å². The fourth-order valence-electron chi connectivity index (χ4n) is 1.84. The lowest BCUT2D eigenvalue weighted by Gasteiger charge is -2.11. The van der Waals surface area contributed by atoms with Crippen LogP contribution in [0.1, 0.15) is 18.4 Å². The average molecular weight is 201 g/mol. The summed E-state index contributed by atoms with van der Waals surface area (Å²) in [5.41, 5.74) is 2.43. The van der Waals surface area contributed by atoms with Crippen LogP contribution in [-0.2, 0) is 0 Å². The van der Waals surface area contributed by atoms with E-state index in [0.717, 1.165) is 18.9 Å². The number of benzene rings is 1. The highest BCUT2D eigenvalue weighted by atomic mass is 15.1. The lowest BCUT2D eigenvalue weighted by atomic mass is 10.1. The van der Waals surface area contributed by atoms with Crippen LogP contribution in [0.4, 0.5) is 5.69 Å². The lowest BCUT2D eigenvalue weighted by Crippen LogP contribution is -2.21. The van der Waals surface area contributed by atoms with E-state index < -0.39 is 0 Å². The molecule has 3 nitrogen and oxygen atoms in total. The Morgan fingerprint density at radius 3 is 2.87 bits per heavy atom. The number of rotatable bonds is 3. The number of aliphatic imine (C=N–C) groups is 1. The molecule has 0 amide bonds. The Balaban J connectivity index is 1.90. The van der Waals surface area contributed by atoms with Crippen molar-refractivity contribution in [3.05, 3.63) is 29.8 Å². The first-order valence-electron chi connectivity index (χ1n) is 5.58. The summed E-state index contributed by atoms with van der Waals surface area (Å²) in [5, 5.41) is 6.86. The maximum absolute atomic E-state index is 4.46. The van der Waals surface area contributed by atoms with Gasteiger partial charge in [-0.25, -0.2) is 0 Å². The van der Waals surface area contributed by atoms with Crippen molar-refractivity contribution >= 4 is 11.5 Å². The van der Waals surface area contributed by atoms with Gasteiger partial charge in [0.1, 0.15) is 5.84 Å². The van der Waals surface area contributed by atoms with Crippen LogP contribution >= 0.6 is 0 Å². The van der Waals surface area contributed by atoms with Crippen LogP contribution in [0.25, 0.3) is 0 Å². The van der Waals surface area contributed by atoms with Crippen molar-refractivity contribution in [2.24, 2.45) is 4.99 Å². The molecule has 0 radical (unpaired) electrons. The molecule has 1 aliphatic carbocycles. The van der Waals surface area contributed by atoms with Crippen LogP contribution < -0.4 is 10.6 Å². The Labute approximate surface area is 89.6 Å². The summed E-state index contributed by atoms with van der Waals surface area (Å²) in [7, 11) is 0. The zero-order valence-corrected chi connectivity index (χ0v) is 8.66. The smallest absolute Gasteiger partial charge is 0.130 e. The predicted molar refractivity (Wildman–Crippen MR) is 62.5 cm³/mol. The zero-order chi connectivity index (χ0) is 10.1. The molecule has 0 saturated heterocycles. The van der Waals surface area contributed by atoms with E-state index in [1.165, 1.54) is 24.1 Å². The van der Waals surface area contributed by atoms with Crippen molar-refractivity contribution in [3.63, 3.8) is 0 Å². The van der Waals surface area contributed by atoms with Gasteiger partial charge in [-0.05, 0) is 25.0 Å². The van der Waals surface area contributed by atoms with E-state index >= 15 is 0 Å². The highest BCUT2D eigenvalue weighted by molar-refractivity contribution is 6.04. The minimum Gasteiger partial charge on any atom is -0.382 e. The number of nitrogens with zero attached hydrogens (tertiary/aromatic N) is 1. The Kier molecular flexibility index (Phi) is 2.09. The Hall–Kier alpha value is -1.51. The number of hydrogen-bond acceptors (Lipinski definition) is 3. The van der Waals surface area contributed by atoms with E-state index in [9.17, 15) is 0 Å². The average Bonchev–Trinajstić information content (AvgIpc) is 2.93. The zero-order valence-electron chi connectivity index (χ0n) is 8.66. The fourth-order valence-corrected chi connectivity index (χ4v) is 1.84. The van der Waals surface area contributed by atoms with Crippen LogP contribution in [0, 0.1) is 0 Å². The molecular weight excluding hydrogens is 186 g/mol. The summed E-state index contributed by atoms with van der Waals surface area (Å²) in [6.07, 6.45) is 2.60. The van der Waals surface area contributed by atoms with Gasteiger partial charge in [0, 0.05) is 23.8 Å². The van der Waals surface area contributed by atoms with Crippen LogP contribution in [0.3, 0.4) is 0 Å². The molecule has 3 heteroatoms. The van der Waals surface area contributed by atoms with Crippen molar-refractivity contribution in [1.82, 2.24) is 5.32 Å². The molecule has 0 aromatic heterocycles. The summed E-state index contributed by atoms with van der Waals surface area (Å²) < 4.78 is 0. The largest absolute Gasteiger partial charge is 0.382 e. The standard InChI is InChI=1S/C12H15N3/c1-2-4-11(15-9-5-6-9)10(3-1)12-13-7-8-14-12/h1-4,9,15H,5-8H2,(H,13,14). The minimum atomic E-state index is 0.688. The number of para-hydroxylation sites is 1. The summed E-state index contributed by atoms with van der Waals surface area (Å²) in [5.74, 6) is 1.04. The van der Waals surface area contributed by atoms with E-state index in [2.05, 4.69) is 39.9 Å². The molecule has 0 unspecified atom stereocenters. The maximum atomic E-state index is 4.46. The summed E-state index contributed by atoms with van der Waals surface area (Å²) in [4.78, 5) is 4.46. The molecule has 1 fully saturated rings. The van der Waals surface area contributed by atoms with Gasteiger partial charge in [0.2, 0.25) is 0 Å². The Bertz CT molecular complexity index is 394. The third-order valence-corrected chi connectivity index (χ3v) is 2.79. The quantitative estimate of drug-likeness (QED) is 0.779. The van der Waals surface area contributed by atoms with Crippen LogP contribution in [-0.4, -0.2) is 25.0 Å². The highest BCUT2D eigenvalue weighted by Gasteiger charge is 2.22. The van der Waals surface area contributed by atoms with Crippen molar-refractivity contribution in [3.8, 4) is 0 Å². The molecule has 0 bridgehead atoms. The van der Waals surface area contributed by atoms with Gasteiger partial charge in [0.25, 0.3) is 0 Å². The first-order chi connectivity index (χ1) is 7.43. The lowest BCUT2D eigenvalue weighted by molar-refractivity contribution is 0.960. The number of anilines is 1. The molecule has 2 aliphatic rings. The number of amidine groups is 1. The van der Waals surface area contributed by atoms with Crippen molar-refractivity contribution in [2.45, 2.75) is 18.9 Å². The second kappa shape index (κ2) is 3.57. The molecule has 1 aromatic carbocycles. The second-order valence-corrected chi connectivity index (χ2v) is 4.12. The number of hydrogen-bond donors (Lipinski definition) is 2. The van der Waals surface area contributed by atoms with Crippen LogP contribution in [0.2, 0.25) is 0 Å². The van der Waals surface area contributed by atoms with Crippen molar-refractivity contribution < 1.29 is 0 Å². The third-order valence-electron chi connectivity index (χ3n) is 2.79. The molecule has 1 heterocycles. The van der Waals surface area contributed by atoms with Crippen LogP contribution in [0.5, 0.6) is 0 Å². The van der Waals surface area contributed by atoms with Gasteiger partial charge in [-0.1, -0.05) is 12.1 Å². The molecule has 1 saturated carbocycles. The van der Waals surface area contributed by atoms with Gasteiger partial charge in [0.05, 0.1) is 6.54 Å². The molecule has 0 spiro atoms. The maximum Gasteiger partial charge on any atom is 0.130 e. The van der Waals surface area contributed by atoms with Gasteiger partial charge in [0.15, 0.2) is 0 Å². The van der Waals surface area contributed by atoms with Gasteiger partial charge >= 0.3 is 0 Å². The topological polar surface area (TPSA) is 36.4 Å². The van der Waals surface area contributed by atoms with E-state index in [1.54, 1.807) is 0 Å². The molecular formula is C12H15N3. The van der Waals surface area contributed by atoms with Gasteiger partial charge in [-0.15, -0.1) is 0 Å². The first-order valence-corrected chi connectivity index (χ1v) is 5.58. The fraction of sp³-hybridized carbons (Fsp3) is 0.417. The predicted octanol–water partition coefficient (Wildman–Crippen LogP) is 1.61. The molecule has 2 N–H and O–H groups in total. The van der Waals surface area contributed by atoms with E-state index in [0.29, 0.717) is 6.04 Å². The van der Waals surface area contributed by atoms with Crippen LogP contribution in [0.15, 0.2) is 29.3 Å². The first kappa shape index (κ1) is 8.77. The van der Waals surface area contributed by atoms with E-state index in [4.69, 9.17) is 0 Å². The molecule has 0 atom stereocenters. The molecule has 1 aliphatic heterocycles. The molecule has 15 heavy (non-hydrogen) atoms. The Morgan fingerprint density at radius 1 is 1.27 bits per heavy atom. The normalized spacial score (nSPS) is 19.6. The van der Waals surface area contributed by atoms with Gasteiger partial charge < -0.3 is 10.6 Å². The minimum absolute atomic E-state index is 0.688. The highest BCUT2D eigenvalue weighted by Crippen LogP contribution is 2.26. The van der Waals surface area contributed by atoms with E-state index in [-0.39, 0.29) is 0 Å². The van der Waals surface area contributed by atoms with Gasteiger partial charge in [-0.3, -0.25) is 4.99 Å². The number of nitrogens with one attached hydrogen (secondary N) is 2. The molecule has 1 aromatic rings. The third kappa shape index (κ3) is 1.82. The molecule has 3 rings (SSSR count). The summed E-state index contributed by atoms with van der Waals surface area (Å²) >= 11 is 0. The van der Waals surface area contributed by atoms with E-state index in [1.807, 2.05) is 0 Å². The SMILES string of the molecule is c1ccc(C2=NCCN2)c(NC2CC2)c1. The van der Waals surface area contributed by atoms with Gasteiger partial charge in [-0.2, -0.15) is 0 Å². The second-order valence-electron chi connectivity index (χ2n) is 4.12. The van der Waals surface area contributed by atoms with Crippen molar-refractivity contribution in [1.29, 1.82) is 0 Å². The monoisotopic (exact) mass is 201 g/mol.